The van der Waals surface area contributed by atoms with Gasteiger partial charge in [-0.15, -0.1) is 0 Å². The minimum atomic E-state index is -0.0797. The number of hydrogen-bond donors (Lipinski definition) is 0. The second kappa shape index (κ2) is 5.33. The Morgan fingerprint density at radius 3 is 2.52 bits per heavy atom. The van der Waals surface area contributed by atoms with Crippen LogP contribution in [0.25, 0.3) is 16.6 Å². The number of rotatable bonds is 2. The Bertz CT molecular complexity index is 870. The molecule has 3 aromatic rings. The van der Waals surface area contributed by atoms with Crippen molar-refractivity contribution in [3.63, 3.8) is 0 Å². The zero-order valence-electron chi connectivity index (χ0n) is 11.6. The fourth-order valence-electron chi connectivity index (χ4n) is 2.30. The maximum Gasteiger partial charge on any atom is 0.265 e. The summed E-state index contributed by atoms with van der Waals surface area (Å²) in [6, 6.07) is 12.9. The summed E-state index contributed by atoms with van der Waals surface area (Å²) < 4.78 is 7.61. The molecule has 0 unspecified atom stereocenters. The largest absolute Gasteiger partial charge is 0.497 e. The van der Waals surface area contributed by atoms with Crippen molar-refractivity contribution in [1.82, 2.24) is 9.55 Å². The minimum Gasteiger partial charge on any atom is -0.497 e. The monoisotopic (exact) mass is 344 g/mol. The van der Waals surface area contributed by atoms with Crippen molar-refractivity contribution in [2.24, 2.45) is 0 Å². The van der Waals surface area contributed by atoms with Gasteiger partial charge in [-0.2, -0.15) is 0 Å². The molecule has 0 amide bonds. The van der Waals surface area contributed by atoms with E-state index in [2.05, 4.69) is 20.9 Å². The molecule has 106 valence electrons. The van der Waals surface area contributed by atoms with Gasteiger partial charge in [0, 0.05) is 4.47 Å². The molecular formula is C16H13BrN2O2. The van der Waals surface area contributed by atoms with E-state index in [1.807, 2.05) is 43.3 Å². The molecule has 5 heteroatoms. The molecule has 0 N–H and O–H groups in total. The van der Waals surface area contributed by atoms with Crippen molar-refractivity contribution in [1.29, 1.82) is 0 Å². The van der Waals surface area contributed by atoms with Gasteiger partial charge in [-0.05, 0) is 49.4 Å². The molecule has 3 rings (SSSR count). The van der Waals surface area contributed by atoms with Crippen LogP contribution < -0.4 is 10.3 Å². The summed E-state index contributed by atoms with van der Waals surface area (Å²) in [5, 5.41) is 0.589. The van der Waals surface area contributed by atoms with Gasteiger partial charge in [0.05, 0.1) is 23.7 Å². The van der Waals surface area contributed by atoms with Crippen molar-refractivity contribution in [2.45, 2.75) is 6.92 Å². The molecule has 1 aromatic heterocycles. The van der Waals surface area contributed by atoms with E-state index in [-0.39, 0.29) is 5.56 Å². The fraction of sp³-hybridized carbons (Fsp3) is 0.125. The average Bonchev–Trinajstić information content (AvgIpc) is 2.49. The van der Waals surface area contributed by atoms with Crippen molar-refractivity contribution < 1.29 is 4.74 Å². The Morgan fingerprint density at radius 1 is 1.14 bits per heavy atom. The lowest BCUT2D eigenvalue weighted by Crippen LogP contribution is -2.22. The maximum absolute atomic E-state index is 12.7. The summed E-state index contributed by atoms with van der Waals surface area (Å²) in [6.07, 6.45) is 0. The zero-order chi connectivity index (χ0) is 15.0. The predicted octanol–water partition coefficient (Wildman–Crippen LogP) is 3.47. The molecule has 4 nitrogen and oxygen atoms in total. The number of aromatic nitrogens is 2. The second-order valence-electron chi connectivity index (χ2n) is 4.66. The highest BCUT2D eigenvalue weighted by molar-refractivity contribution is 9.10. The van der Waals surface area contributed by atoms with Crippen LogP contribution in [0, 0.1) is 6.92 Å². The molecule has 1 heterocycles. The van der Waals surface area contributed by atoms with E-state index in [0.717, 1.165) is 15.9 Å². The van der Waals surface area contributed by atoms with E-state index in [4.69, 9.17) is 4.74 Å². The van der Waals surface area contributed by atoms with Gasteiger partial charge < -0.3 is 4.74 Å². The summed E-state index contributed by atoms with van der Waals surface area (Å²) in [6.45, 7) is 1.83. The molecular weight excluding hydrogens is 332 g/mol. The molecule has 0 atom stereocenters. The van der Waals surface area contributed by atoms with Crippen molar-refractivity contribution >= 4 is 26.8 Å². The van der Waals surface area contributed by atoms with Crippen LogP contribution >= 0.6 is 15.9 Å². The SMILES string of the molecule is COc1ccc(-n2c(C)nc3ccc(Br)cc3c2=O)cc1. The van der Waals surface area contributed by atoms with Crippen LogP contribution in [0.2, 0.25) is 0 Å². The van der Waals surface area contributed by atoms with Crippen LogP contribution in [-0.2, 0) is 0 Å². The third kappa shape index (κ3) is 2.45. The first kappa shape index (κ1) is 13.8. The Balaban J connectivity index is 2.28. The number of methoxy groups -OCH3 is 1. The summed E-state index contributed by atoms with van der Waals surface area (Å²) in [4.78, 5) is 17.2. The average molecular weight is 345 g/mol. The zero-order valence-corrected chi connectivity index (χ0v) is 13.2. The lowest BCUT2D eigenvalue weighted by Gasteiger charge is -2.11. The van der Waals surface area contributed by atoms with E-state index < -0.39 is 0 Å². The second-order valence-corrected chi connectivity index (χ2v) is 5.57. The van der Waals surface area contributed by atoms with Crippen LogP contribution in [-0.4, -0.2) is 16.7 Å². The molecule has 0 bridgehead atoms. The molecule has 0 aliphatic rings. The lowest BCUT2D eigenvalue weighted by molar-refractivity contribution is 0.414. The van der Waals surface area contributed by atoms with E-state index in [1.54, 1.807) is 17.7 Å². The first-order chi connectivity index (χ1) is 10.1. The normalized spacial score (nSPS) is 10.8. The molecule has 0 aliphatic heterocycles. The van der Waals surface area contributed by atoms with Gasteiger partial charge in [0.1, 0.15) is 11.6 Å². The fourth-order valence-corrected chi connectivity index (χ4v) is 2.67. The number of ether oxygens (including phenoxy) is 1. The Labute approximate surface area is 130 Å². The quantitative estimate of drug-likeness (QED) is 0.714. The summed E-state index contributed by atoms with van der Waals surface area (Å²) >= 11 is 3.39. The van der Waals surface area contributed by atoms with E-state index in [1.165, 1.54) is 0 Å². The molecule has 2 aromatic carbocycles. The first-order valence-electron chi connectivity index (χ1n) is 6.43. The van der Waals surface area contributed by atoms with E-state index in [0.29, 0.717) is 16.7 Å². The molecule has 0 spiro atoms. The van der Waals surface area contributed by atoms with Gasteiger partial charge in [-0.25, -0.2) is 4.98 Å². The first-order valence-corrected chi connectivity index (χ1v) is 7.23. The standard InChI is InChI=1S/C16H13BrN2O2/c1-10-18-15-8-3-11(17)9-14(15)16(20)19(10)12-4-6-13(21-2)7-5-12/h3-9H,1-2H3. The predicted molar refractivity (Wildman–Crippen MR) is 86.3 cm³/mol. The van der Waals surface area contributed by atoms with Gasteiger partial charge in [0.25, 0.3) is 5.56 Å². The van der Waals surface area contributed by atoms with Crippen molar-refractivity contribution in [3.05, 3.63) is 63.1 Å². The van der Waals surface area contributed by atoms with Crippen LogP contribution in [0.5, 0.6) is 5.75 Å². The molecule has 0 aliphatic carbocycles. The van der Waals surface area contributed by atoms with Crippen molar-refractivity contribution in [2.75, 3.05) is 7.11 Å². The van der Waals surface area contributed by atoms with Crippen LogP contribution in [0.15, 0.2) is 51.7 Å². The summed E-state index contributed by atoms with van der Waals surface area (Å²) in [5.74, 6) is 1.40. The van der Waals surface area contributed by atoms with Crippen LogP contribution in [0.4, 0.5) is 0 Å². The Kier molecular flexibility index (Phi) is 3.51. The van der Waals surface area contributed by atoms with Gasteiger partial charge in [-0.1, -0.05) is 15.9 Å². The Morgan fingerprint density at radius 2 is 1.86 bits per heavy atom. The topological polar surface area (TPSA) is 44.1 Å². The van der Waals surface area contributed by atoms with E-state index in [9.17, 15) is 4.79 Å². The van der Waals surface area contributed by atoms with Gasteiger partial charge in [0.15, 0.2) is 0 Å². The smallest absolute Gasteiger partial charge is 0.265 e. The molecule has 0 radical (unpaired) electrons. The third-order valence-corrected chi connectivity index (χ3v) is 3.82. The maximum atomic E-state index is 12.7. The van der Waals surface area contributed by atoms with Gasteiger partial charge in [-0.3, -0.25) is 9.36 Å². The minimum absolute atomic E-state index is 0.0797. The third-order valence-electron chi connectivity index (χ3n) is 3.33. The van der Waals surface area contributed by atoms with Crippen molar-refractivity contribution in [3.8, 4) is 11.4 Å². The highest BCUT2D eigenvalue weighted by Crippen LogP contribution is 2.19. The lowest BCUT2D eigenvalue weighted by atomic mass is 10.2. The molecule has 21 heavy (non-hydrogen) atoms. The number of aryl methyl sites for hydroxylation is 1. The number of hydrogen-bond acceptors (Lipinski definition) is 3. The highest BCUT2D eigenvalue weighted by Gasteiger charge is 2.10. The van der Waals surface area contributed by atoms with Gasteiger partial charge in [0.2, 0.25) is 0 Å². The van der Waals surface area contributed by atoms with Gasteiger partial charge >= 0.3 is 0 Å². The van der Waals surface area contributed by atoms with Crippen LogP contribution in [0.3, 0.4) is 0 Å². The molecule has 0 saturated carbocycles. The van der Waals surface area contributed by atoms with Crippen LogP contribution in [0.1, 0.15) is 5.82 Å². The summed E-state index contributed by atoms with van der Waals surface area (Å²) in [5.41, 5.74) is 1.39. The highest BCUT2D eigenvalue weighted by atomic mass is 79.9. The number of nitrogens with zero attached hydrogens (tertiary/aromatic N) is 2. The van der Waals surface area contributed by atoms with E-state index >= 15 is 0 Å². The molecule has 0 fully saturated rings. The Hall–Kier alpha value is -2.14. The number of fused-ring (bicyclic) bond motifs is 1. The number of halogens is 1. The molecule has 0 saturated heterocycles. The summed E-state index contributed by atoms with van der Waals surface area (Å²) in [7, 11) is 1.61. The number of benzene rings is 2.